The fourth-order valence-corrected chi connectivity index (χ4v) is 1.74. The Morgan fingerprint density at radius 2 is 2.23 bits per heavy atom. The Kier molecular flexibility index (Phi) is 2.33. The third-order valence-electron chi connectivity index (χ3n) is 2.52. The molecule has 13 heavy (non-hydrogen) atoms. The highest BCUT2D eigenvalue weighted by Gasteiger charge is 2.16. The number of hydrogen-bond acceptors (Lipinski definition) is 3. The first-order chi connectivity index (χ1) is 6.31. The minimum absolute atomic E-state index is 0.0492. The van der Waals surface area contributed by atoms with Crippen LogP contribution in [0.4, 0.5) is 0 Å². The Balaban J connectivity index is 2.25. The molecule has 1 atom stereocenters. The number of aromatic nitrogens is 2. The number of fused-ring (bicyclic) bond motifs is 1. The van der Waals surface area contributed by atoms with Crippen molar-refractivity contribution in [3.8, 4) is 0 Å². The number of imidazole rings is 1. The summed E-state index contributed by atoms with van der Waals surface area (Å²) >= 11 is 0. The van der Waals surface area contributed by atoms with Crippen LogP contribution in [0, 0.1) is 0 Å². The van der Waals surface area contributed by atoms with E-state index in [1.807, 2.05) is 0 Å². The Morgan fingerprint density at radius 1 is 1.46 bits per heavy atom. The summed E-state index contributed by atoms with van der Waals surface area (Å²) in [5.74, 6) is 0.731. The summed E-state index contributed by atoms with van der Waals surface area (Å²) in [6, 6.07) is -0.356. The zero-order chi connectivity index (χ0) is 9.26. The van der Waals surface area contributed by atoms with Crippen molar-refractivity contribution in [3.05, 3.63) is 17.2 Å². The lowest BCUT2D eigenvalue weighted by molar-refractivity contribution is 0.264. The number of hydrogen-bond donors (Lipinski definition) is 3. The Morgan fingerprint density at radius 3 is 2.92 bits per heavy atom. The van der Waals surface area contributed by atoms with Gasteiger partial charge in [-0.2, -0.15) is 0 Å². The van der Waals surface area contributed by atoms with Crippen LogP contribution in [0.25, 0.3) is 0 Å². The first kappa shape index (κ1) is 8.72. The summed E-state index contributed by atoms with van der Waals surface area (Å²) in [6.45, 7) is -0.0492. The average Bonchev–Trinajstić information content (AvgIpc) is 2.59. The van der Waals surface area contributed by atoms with Crippen LogP contribution in [0.3, 0.4) is 0 Å². The maximum absolute atomic E-state index is 8.86. The Bertz CT molecular complexity index is 272. The average molecular weight is 181 g/mol. The molecule has 1 aliphatic carbocycles. The molecular formula is C9H15N3O. The van der Waals surface area contributed by atoms with Crippen LogP contribution in [-0.4, -0.2) is 21.7 Å². The van der Waals surface area contributed by atoms with Gasteiger partial charge in [-0.1, -0.05) is 0 Å². The van der Waals surface area contributed by atoms with E-state index in [0.29, 0.717) is 0 Å². The number of aromatic amines is 1. The molecule has 2 rings (SSSR count). The molecule has 0 spiro atoms. The normalized spacial score (nSPS) is 18.3. The molecule has 1 aliphatic rings. The molecule has 1 aromatic rings. The lowest BCUT2D eigenvalue weighted by atomic mass is 10.0. The van der Waals surface area contributed by atoms with Crippen LogP contribution in [-0.2, 0) is 12.8 Å². The van der Waals surface area contributed by atoms with Crippen LogP contribution < -0.4 is 5.73 Å². The lowest BCUT2D eigenvalue weighted by Gasteiger charge is -2.07. The van der Waals surface area contributed by atoms with Crippen LogP contribution in [0.2, 0.25) is 0 Å². The molecule has 0 fully saturated rings. The van der Waals surface area contributed by atoms with E-state index in [9.17, 15) is 0 Å². The Labute approximate surface area is 77.2 Å². The van der Waals surface area contributed by atoms with Gasteiger partial charge in [-0.3, -0.25) is 0 Å². The summed E-state index contributed by atoms with van der Waals surface area (Å²) in [4.78, 5) is 7.57. The Hall–Kier alpha value is -0.870. The monoisotopic (exact) mass is 181 g/mol. The first-order valence-corrected chi connectivity index (χ1v) is 4.75. The molecule has 4 heteroatoms. The van der Waals surface area contributed by atoms with Crippen molar-refractivity contribution >= 4 is 0 Å². The predicted molar refractivity (Wildman–Crippen MR) is 49.2 cm³/mol. The van der Waals surface area contributed by atoms with Crippen LogP contribution in [0.5, 0.6) is 0 Å². The molecule has 0 radical (unpaired) electrons. The van der Waals surface area contributed by atoms with Gasteiger partial charge < -0.3 is 15.8 Å². The molecule has 0 saturated carbocycles. The second-order valence-corrected chi connectivity index (χ2v) is 3.54. The fraction of sp³-hybridized carbons (Fsp3) is 0.667. The topological polar surface area (TPSA) is 74.9 Å². The maximum Gasteiger partial charge on any atom is 0.125 e. The van der Waals surface area contributed by atoms with Gasteiger partial charge in [0, 0.05) is 5.69 Å². The second-order valence-electron chi connectivity index (χ2n) is 3.54. The van der Waals surface area contributed by atoms with Crippen molar-refractivity contribution in [1.29, 1.82) is 0 Å². The van der Waals surface area contributed by atoms with Gasteiger partial charge >= 0.3 is 0 Å². The first-order valence-electron chi connectivity index (χ1n) is 4.75. The third-order valence-corrected chi connectivity index (χ3v) is 2.52. The van der Waals surface area contributed by atoms with Crippen LogP contribution in [0.1, 0.15) is 36.1 Å². The highest BCUT2D eigenvalue weighted by Crippen LogP contribution is 2.20. The highest BCUT2D eigenvalue weighted by molar-refractivity contribution is 5.18. The van der Waals surface area contributed by atoms with Gasteiger partial charge in [-0.25, -0.2) is 4.98 Å². The van der Waals surface area contributed by atoms with Gasteiger partial charge in [0.2, 0.25) is 0 Å². The summed E-state index contributed by atoms with van der Waals surface area (Å²) in [5, 5.41) is 8.86. The minimum Gasteiger partial charge on any atom is -0.394 e. The van der Waals surface area contributed by atoms with Gasteiger partial charge in [-0.05, 0) is 25.7 Å². The highest BCUT2D eigenvalue weighted by atomic mass is 16.3. The van der Waals surface area contributed by atoms with E-state index in [0.717, 1.165) is 24.4 Å². The molecule has 0 bridgehead atoms. The van der Waals surface area contributed by atoms with E-state index < -0.39 is 0 Å². The van der Waals surface area contributed by atoms with Crippen molar-refractivity contribution in [2.45, 2.75) is 31.7 Å². The molecule has 1 heterocycles. The molecule has 4 nitrogen and oxygen atoms in total. The molecule has 0 amide bonds. The maximum atomic E-state index is 8.86. The fourth-order valence-electron chi connectivity index (χ4n) is 1.74. The largest absolute Gasteiger partial charge is 0.394 e. The molecule has 0 saturated heterocycles. The van der Waals surface area contributed by atoms with Crippen molar-refractivity contribution < 1.29 is 5.11 Å². The van der Waals surface area contributed by atoms with Crippen molar-refractivity contribution in [2.75, 3.05) is 6.61 Å². The minimum atomic E-state index is -0.356. The van der Waals surface area contributed by atoms with Crippen LogP contribution >= 0.6 is 0 Å². The van der Waals surface area contributed by atoms with E-state index >= 15 is 0 Å². The zero-order valence-electron chi connectivity index (χ0n) is 7.58. The van der Waals surface area contributed by atoms with Crippen molar-refractivity contribution in [2.24, 2.45) is 5.73 Å². The number of aliphatic hydroxyl groups excluding tert-OH is 1. The van der Waals surface area contributed by atoms with E-state index in [-0.39, 0.29) is 12.6 Å². The smallest absolute Gasteiger partial charge is 0.125 e. The van der Waals surface area contributed by atoms with E-state index in [2.05, 4.69) is 9.97 Å². The molecule has 1 unspecified atom stereocenters. The van der Waals surface area contributed by atoms with Crippen molar-refractivity contribution in [1.82, 2.24) is 9.97 Å². The van der Waals surface area contributed by atoms with Gasteiger partial charge in [0.05, 0.1) is 18.3 Å². The number of aliphatic hydroxyl groups is 1. The molecule has 0 aliphatic heterocycles. The standard InChI is InChI=1S/C9H15N3O/c10-6(5-13)9-11-7-3-1-2-4-8(7)12-9/h6,13H,1-5,10H2,(H,11,12). The molecule has 72 valence electrons. The molecular weight excluding hydrogens is 166 g/mol. The molecule has 0 aromatic carbocycles. The van der Waals surface area contributed by atoms with E-state index in [1.165, 1.54) is 18.5 Å². The third kappa shape index (κ3) is 1.59. The molecule has 1 aromatic heterocycles. The van der Waals surface area contributed by atoms with E-state index in [1.54, 1.807) is 0 Å². The quantitative estimate of drug-likeness (QED) is 0.613. The van der Waals surface area contributed by atoms with Gasteiger partial charge in [0.25, 0.3) is 0 Å². The zero-order valence-corrected chi connectivity index (χ0v) is 7.58. The summed E-state index contributed by atoms with van der Waals surface area (Å²) < 4.78 is 0. The number of H-pyrrole nitrogens is 1. The van der Waals surface area contributed by atoms with Gasteiger partial charge in [0.15, 0.2) is 0 Å². The van der Waals surface area contributed by atoms with Gasteiger partial charge in [-0.15, -0.1) is 0 Å². The summed E-state index contributed by atoms with van der Waals surface area (Å²) in [6.07, 6.45) is 4.55. The number of aryl methyl sites for hydroxylation is 2. The summed E-state index contributed by atoms with van der Waals surface area (Å²) in [5.41, 5.74) is 8.02. The van der Waals surface area contributed by atoms with E-state index in [4.69, 9.17) is 10.8 Å². The van der Waals surface area contributed by atoms with Gasteiger partial charge in [0.1, 0.15) is 5.82 Å². The SMILES string of the molecule is NC(CO)c1nc2c([nH]1)CCCC2. The number of nitrogens with zero attached hydrogens (tertiary/aromatic N) is 1. The lowest BCUT2D eigenvalue weighted by Crippen LogP contribution is -2.16. The number of nitrogens with two attached hydrogens (primary N) is 1. The number of nitrogens with one attached hydrogen (secondary N) is 1. The number of rotatable bonds is 2. The van der Waals surface area contributed by atoms with Crippen molar-refractivity contribution in [3.63, 3.8) is 0 Å². The van der Waals surface area contributed by atoms with Crippen LogP contribution in [0.15, 0.2) is 0 Å². The summed E-state index contributed by atoms with van der Waals surface area (Å²) in [7, 11) is 0. The second kappa shape index (κ2) is 3.47. The predicted octanol–water partition coefficient (Wildman–Crippen LogP) is 0.281. The molecule has 4 N–H and O–H groups in total.